The fraction of sp³-hybridized carbons (Fsp3) is 0.333. The van der Waals surface area contributed by atoms with Gasteiger partial charge in [-0.25, -0.2) is 13.2 Å². The second-order valence-electron chi connectivity index (χ2n) is 2.62. The Bertz CT molecular complexity index is 258. The molecule has 0 spiro atoms. The molecule has 1 aromatic carbocycles. The van der Waals surface area contributed by atoms with Gasteiger partial charge in [0.2, 0.25) is 0 Å². The molecule has 0 radical (unpaired) electrons. The molecule has 0 bridgehead atoms. The lowest BCUT2D eigenvalue weighted by Crippen LogP contribution is -1.94. The van der Waals surface area contributed by atoms with E-state index in [1.165, 1.54) is 0 Å². The van der Waals surface area contributed by atoms with Gasteiger partial charge in [0, 0.05) is 0 Å². The third-order valence-corrected chi connectivity index (χ3v) is 1.58. The van der Waals surface area contributed by atoms with E-state index in [4.69, 9.17) is 0 Å². The van der Waals surface area contributed by atoms with Crippen molar-refractivity contribution in [3.05, 3.63) is 35.1 Å². The minimum absolute atomic E-state index is 0.494. The minimum atomic E-state index is -1.39. The highest BCUT2D eigenvalue weighted by molar-refractivity contribution is 5.19. The Morgan fingerprint density at radius 3 is 2.00 bits per heavy atom. The summed E-state index contributed by atoms with van der Waals surface area (Å²) in [5.74, 6) is -3.62. The standard InChI is InChI=1S/C9H9F3/c1-2-3-6-4-7(10)9(12)8(11)5-6/h4-5H,2-3H2,1H3. The summed E-state index contributed by atoms with van der Waals surface area (Å²) in [6, 6.07) is 2.06. The van der Waals surface area contributed by atoms with Gasteiger partial charge in [-0.05, 0) is 24.1 Å². The van der Waals surface area contributed by atoms with Crippen molar-refractivity contribution in [3.8, 4) is 0 Å². The van der Waals surface area contributed by atoms with E-state index in [2.05, 4.69) is 0 Å². The van der Waals surface area contributed by atoms with Crippen LogP contribution in [0.5, 0.6) is 0 Å². The van der Waals surface area contributed by atoms with Crippen LogP contribution >= 0.6 is 0 Å². The van der Waals surface area contributed by atoms with Gasteiger partial charge >= 0.3 is 0 Å². The van der Waals surface area contributed by atoms with Crippen LogP contribution in [0.3, 0.4) is 0 Å². The molecule has 0 aliphatic carbocycles. The normalized spacial score (nSPS) is 10.3. The number of aryl methyl sites for hydroxylation is 1. The smallest absolute Gasteiger partial charge is 0.194 e. The van der Waals surface area contributed by atoms with Crippen molar-refractivity contribution >= 4 is 0 Å². The first-order valence-corrected chi connectivity index (χ1v) is 3.78. The number of benzene rings is 1. The Morgan fingerprint density at radius 2 is 1.58 bits per heavy atom. The van der Waals surface area contributed by atoms with Crippen LogP contribution in [0.4, 0.5) is 13.2 Å². The number of rotatable bonds is 2. The SMILES string of the molecule is CCCc1cc(F)c(F)c(F)c1. The third-order valence-electron chi connectivity index (χ3n) is 1.58. The van der Waals surface area contributed by atoms with Crippen molar-refractivity contribution in [2.75, 3.05) is 0 Å². The summed E-state index contributed by atoms with van der Waals surface area (Å²) in [6.45, 7) is 1.89. The zero-order chi connectivity index (χ0) is 9.14. The predicted octanol–water partition coefficient (Wildman–Crippen LogP) is 3.06. The second-order valence-corrected chi connectivity index (χ2v) is 2.62. The van der Waals surface area contributed by atoms with E-state index in [0.29, 0.717) is 12.0 Å². The molecule has 12 heavy (non-hydrogen) atoms. The van der Waals surface area contributed by atoms with Gasteiger partial charge in [-0.1, -0.05) is 13.3 Å². The molecule has 0 aliphatic rings. The Kier molecular flexibility index (Phi) is 2.74. The average Bonchev–Trinajstić information content (AvgIpc) is 2.01. The number of hydrogen-bond acceptors (Lipinski definition) is 0. The van der Waals surface area contributed by atoms with Gasteiger partial charge in [-0.15, -0.1) is 0 Å². The van der Waals surface area contributed by atoms with Crippen molar-refractivity contribution < 1.29 is 13.2 Å². The van der Waals surface area contributed by atoms with Crippen LogP contribution in [-0.2, 0) is 6.42 Å². The molecule has 66 valence electrons. The fourth-order valence-electron chi connectivity index (χ4n) is 1.04. The second kappa shape index (κ2) is 3.61. The van der Waals surface area contributed by atoms with Crippen molar-refractivity contribution in [2.45, 2.75) is 19.8 Å². The zero-order valence-corrected chi connectivity index (χ0v) is 6.70. The Balaban J connectivity index is 3.04. The van der Waals surface area contributed by atoms with Gasteiger partial charge in [0.25, 0.3) is 0 Å². The van der Waals surface area contributed by atoms with Crippen LogP contribution < -0.4 is 0 Å². The van der Waals surface area contributed by atoms with Crippen molar-refractivity contribution in [3.63, 3.8) is 0 Å². The van der Waals surface area contributed by atoms with Gasteiger partial charge < -0.3 is 0 Å². The summed E-state index contributed by atoms with van der Waals surface area (Å²) in [6.07, 6.45) is 1.35. The Labute approximate surface area is 69.0 Å². The lowest BCUT2D eigenvalue weighted by molar-refractivity contribution is 0.445. The summed E-state index contributed by atoms with van der Waals surface area (Å²) in [5, 5.41) is 0. The lowest BCUT2D eigenvalue weighted by Gasteiger charge is -2.00. The van der Waals surface area contributed by atoms with Crippen molar-refractivity contribution in [2.24, 2.45) is 0 Å². The molecule has 0 aliphatic heterocycles. The first-order chi connectivity index (χ1) is 5.65. The topological polar surface area (TPSA) is 0 Å². The molecular weight excluding hydrogens is 165 g/mol. The lowest BCUT2D eigenvalue weighted by atomic mass is 10.1. The summed E-state index contributed by atoms with van der Waals surface area (Å²) in [4.78, 5) is 0. The molecule has 0 saturated heterocycles. The Hall–Kier alpha value is -0.990. The molecule has 0 fully saturated rings. The quantitative estimate of drug-likeness (QED) is 0.604. The molecule has 0 N–H and O–H groups in total. The summed E-state index contributed by atoms with van der Waals surface area (Å²) in [5.41, 5.74) is 0.494. The molecule has 0 unspecified atom stereocenters. The van der Waals surface area contributed by atoms with Crippen LogP contribution in [0.15, 0.2) is 12.1 Å². The van der Waals surface area contributed by atoms with Gasteiger partial charge in [0.1, 0.15) is 0 Å². The van der Waals surface area contributed by atoms with Crippen LogP contribution in [0.25, 0.3) is 0 Å². The van der Waals surface area contributed by atoms with Gasteiger partial charge in [-0.3, -0.25) is 0 Å². The van der Waals surface area contributed by atoms with E-state index in [9.17, 15) is 13.2 Å². The number of hydrogen-bond donors (Lipinski definition) is 0. The summed E-state index contributed by atoms with van der Waals surface area (Å²) in [7, 11) is 0. The average molecular weight is 174 g/mol. The van der Waals surface area contributed by atoms with E-state index < -0.39 is 17.5 Å². The van der Waals surface area contributed by atoms with Crippen LogP contribution in [0, 0.1) is 17.5 Å². The van der Waals surface area contributed by atoms with E-state index >= 15 is 0 Å². The zero-order valence-electron chi connectivity index (χ0n) is 6.70. The van der Waals surface area contributed by atoms with Crippen LogP contribution in [0.1, 0.15) is 18.9 Å². The van der Waals surface area contributed by atoms with Crippen molar-refractivity contribution in [1.82, 2.24) is 0 Å². The molecule has 1 rings (SSSR count). The van der Waals surface area contributed by atoms with E-state index in [0.717, 1.165) is 18.6 Å². The first-order valence-electron chi connectivity index (χ1n) is 3.78. The largest absolute Gasteiger partial charge is 0.204 e. The molecule has 0 atom stereocenters. The minimum Gasteiger partial charge on any atom is -0.204 e. The maximum atomic E-state index is 12.5. The molecular formula is C9H9F3. The Morgan fingerprint density at radius 1 is 1.08 bits per heavy atom. The summed E-state index contributed by atoms with van der Waals surface area (Å²) < 4.78 is 37.5. The highest BCUT2D eigenvalue weighted by atomic mass is 19.2. The summed E-state index contributed by atoms with van der Waals surface area (Å²) >= 11 is 0. The van der Waals surface area contributed by atoms with Gasteiger partial charge in [-0.2, -0.15) is 0 Å². The van der Waals surface area contributed by atoms with Crippen LogP contribution in [-0.4, -0.2) is 0 Å². The molecule has 0 amide bonds. The molecule has 0 aromatic heterocycles. The third kappa shape index (κ3) is 1.78. The van der Waals surface area contributed by atoms with Crippen LogP contribution in [0.2, 0.25) is 0 Å². The van der Waals surface area contributed by atoms with Gasteiger partial charge in [0.15, 0.2) is 17.5 Å². The van der Waals surface area contributed by atoms with E-state index in [1.807, 2.05) is 6.92 Å². The fourth-order valence-corrected chi connectivity index (χ4v) is 1.04. The van der Waals surface area contributed by atoms with E-state index in [-0.39, 0.29) is 0 Å². The molecule has 0 heterocycles. The maximum Gasteiger partial charge on any atom is 0.194 e. The molecule has 1 aromatic rings. The monoisotopic (exact) mass is 174 g/mol. The predicted molar refractivity (Wildman–Crippen MR) is 40.3 cm³/mol. The molecule has 0 saturated carbocycles. The highest BCUT2D eigenvalue weighted by Gasteiger charge is 2.09. The van der Waals surface area contributed by atoms with Gasteiger partial charge in [0.05, 0.1) is 0 Å². The number of halogens is 3. The maximum absolute atomic E-state index is 12.5. The first kappa shape index (κ1) is 9.10. The highest BCUT2D eigenvalue weighted by Crippen LogP contribution is 2.14. The van der Waals surface area contributed by atoms with E-state index in [1.54, 1.807) is 0 Å². The molecule has 3 heteroatoms. The molecule has 0 nitrogen and oxygen atoms in total. The van der Waals surface area contributed by atoms with Crippen molar-refractivity contribution in [1.29, 1.82) is 0 Å².